The quantitative estimate of drug-likeness (QED) is 0.328. The number of methoxy groups -OCH3 is 2. The predicted molar refractivity (Wildman–Crippen MR) is 141 cm³/mol. The molecule has 0 aliphatic carbocycles. The molecule has 3 rings (SSSR count). The number of nitrogens with zero attached hydrogens (tertiary/aromatic N) is 5. The molecule has 2 aromatic heterocycles. The van der Waals surface area contributed by atoms with Crippen LogP contribution in [0.15, 0.2) is 24.3 Å². The highest BCUT2D eigenvalue weighted by atomic mass is 16.5. The number of anilines is 2. The molecule has 12 heteroatoms. The van der Waals surface area contributed by atoms with Crippen LogP contribution in [0.25, 0.3) is 0 Å². The average Bonchev–Trinajstić information content (AvgIpc) is 3.21. The fourth-order valence-electron chi connectivity index (χ4n) is 3.29. The zero-order valence-corrected chi connectivity index (χ0v) is 22.7. The fraction of sp³-hybridized carbons (Fsp3) is 0.480. The summed E-state index contributed by atoms with van der Waals surface area (Å²) < 4.78 is 18.1. The van der Waals surface area contributed by atoms with E-state index in [0.717, 1.165) is 12.1 Å². The molecule has 0 aliphatic rings. The minimum absolute atomic E-state index is 0.0411. The Kier molecular flexibility index (Phi) is 8.87. The topological polar surface area (TPSA) is 137 Å². The monoisotopic (exact) mass is 512 g/mol. The molecule has 0 fully saturated rings. The van der Waals surface area contributed by atoms with Crippen molar-refractivity contribution in [1.29, 1.82) is 0 Å². The van der Waals surface area contributed by atoms with E-state index >= 15 is 0 Å². The van der Waals surface area contributed by atoms with Gasteiger partial charge in [-0.2, -0.15) is 15.0 Å². The summed E-state index contributed by atoms with van der Waals surface area (Å²) in [5.41, 5.74) is 1.23. The van der Waals surface area contributed by atoms with Gasteiger partial charge in [-0.3, -0.25) is 4.79 Å². The molecule has 0 spiro atoms. The van der Waals surface area contributed by atoms with Crippen LogP contribution in [-0.4, -0.2) is 64.0 Å². The maximum Gasteiger partial charge on any atom is 0.320 e. The molecular formula is C25H36N8O4. The molecule has 0 saturated carbocycles. The van der Waals surface area contributed by atoms with Gasteiger partial charge < -0.3 is 30.2 Å². The van der Waals surface area contributed by atoms with Gasteiger partial charge in [-0.15, -0.1) is 5.10 Å². The number of ether oxygens (including phenoxy) is 3. The van der Waals surface area contributed by atoms with E-state index in [-0.39, 0.29) is 34.7 Å². The van der Waals surface area contributed by atoms with Crippen LogP contribution in [0.4, 0.5) is 11.6 Å². The summed E-state index contributed by atoms with van der Waals surface area (Å²) >= 11 is 0. The van der Waals surface area contributed by atoms with Crippen molar-refractivity contribution in [3.05, 3.63) is 35.7 Å². The Morgan fingerprint density at radius 2 is 1.73 bits per heavy atom. The number of carbonyl (C=O) groups excluding carboxylic acids is 1. The first kappa shape index (κ1) is 27.7. The highest BCUT2D eigenvalue weighted by Crippen LogP contribution is 2.33. The normalized spacial score (nSPS) is 11.4. The highest BCUT2D eigenvalue weighted by Gasteiger charge is 2.23. The molecule has 0 aliphatic heterocycles. The van der Waals surface area contributed by atoms with Gasteiger partial charge in [0.2, 0.25) is 23.5 Å². The summed E-state index contributed by atoms with van der Waals surface area (Å²) in [5.74, 6) is 0.461. The summed E-state index contributed by atoms with van der Waals surface area (Å²) in [6.45, 7) is 11.8. The molecule has 37 heavy (non-hydrogen) atoms. The predicted octanol–water partition coefficient (Wildman–Crippen LogP) is 3.37. The molecule has 1 aromatic carbocycles. The Bertz CT molecular complexity index is 1190. The fourth-order valence-corrected chi connectivity index (χ4v) is 3.29. The summed E-state index contributed by atoms with van der Waals surface area (Å²) in [4.78, 5) is 25.9. The van der Waals surface area contributed by atoms with Gasteiger partial charge in [0.1, 0.15) is 5.75 Å². The van der Waals surface area contributed by atoms with E-state index in [2.05, 4.69) is 70.6 Å². The minimum atomic E-state index is -0.601. The SMILES string of the molecule is COc1nc(NCCNC(C)C)nc(OC)c1NC(=O)c1nc(Oc2cccc(C(C)(C)C)c2)n(C)n1. The van der Waals surface area contributed by atoms with Crippen molar-refractivity contribution in [3.8, 4) is 23.5 Å². The first-order valence-corrected chi connectivity index (χ1v) is 12.0. The average molecular weight is 513 g/mol. The Hall–Kier alpha value is -3.93. The first-order valence-electron chi connectivity index (χ1n) is 12.0. The summed E-state index contributed by atoms with van der Waals surface area (Å²) in [5, 5.41) is 13.3. The Morgan fingerprint density at radius 3 is 2.32 bits per heavy atom. The van der Waals surface area contributed by atoms with Crippen LogP contribution < -0.4 is 30.2 Å². The van der Waals surface area contributed by atoms with E-state index in [1.54, 1.807) is 7.05 Å². The zero-order valence-electron chi connectivity index (χ0n) is 22.7. The van der Waals surface area contributed by atoms with Crippen molar-refractivity contribution in [2.75, 3.05) is 37.9 Å². The van der Waals surface area contributed by atoms with Gasteiger partial charge in [-0.1, -0.05) is 46.8 Å². The third kappa shape index (κ3) is 7.29. The van der Waals surface area contributed by atoms with E-state index in [0.29, 0.717) is 24.3 Å². The maximum absolute atomic E-state index is 13.0. The number of aryl methyl sites for hydroxylation is 1. The molecule has 3 aromatic rings. The van der Waals surface area contributed by atoms with Gasteiger partial charge >= 0.3 is 6.01 Å². The van der Waals surface area contributed by atoms with Crippen LogP contribution in [0.5, 0.6) is 23.5 Å². The van der Waals surface area contributed by atoms with E-state index in [1.165, 1.54) is 18.9 Å². The molecular weight excluding hydrogens is 476 g/mol. The van der Waals surface area contributed by atoms with Gasteiger partial charge in [0.05, 0.1) is 14.2 Å². The van der Waals surface area contributed by atoms with Crippen molar-refractivity contribution < 1.29 is 19.0 Å². The second-order valence-electron chi connectivity index (χ2n) is 9.65. The number of hydrogen-bond acceptors (Lipinski definition) is 10. The van der Waals surface area contributed by atoms with E-state index in [4.69, 9.17) is 14.2 Å². The molecule has 12 nitrogen and oxygen atoms in total. The molecule has 0 saturated heterocycles. The van der Waals surface area contributed by atoms with Crippen molar-refractivity contribution in [2.45, 2.75) is 46.1 Å². The molecule has 0 unspecified atom stereocenters. The van der Waals surface area contributed by atoms with Crippen LogP contribution in [0.2, 0.25) is 0 Å². The third-order valence-corrected chi connectivity index (χ3v) is 5.26. The lowest BCUT2D eigenvalue weighted by atomic mass is 9.87. The van der Waals surface area contributed by atoms with Gasteiger partial charge in [-0.25, -0.2) is 4.68 Å². The number of amides is 1. The van der Waals surface area contributed by atoms with Gasteiger partial charge in [-0.05, 0) is 23.1 Å². The highest BCUT2D eigenvalue weighted by molar-refractivity contribution is 6.03. The Balaban J connectivity index is 1.77. The van der Waals surface area contributed by atoms with Crippen molar-refractivity contribution in [2.24, 2.45) is 7.05 Å². The smallest absolute Gasteiger partial charge is 0.320 e. The molecule has 2 heterocycles. The zero-order chi connectivity index (χ0) is 27.2. The standard InChI is InChI=1S/C25H36N8O4/c1-15(2)26-12-13-27-23-30-21(35-7)18(22(31-23)36-8)28-20(34)19-29-24(33(6)32-19)37-17-11-9-10-16(14-17)25(3,4)5/h9-11,14-15,26H,12-13H2,1-8H3,(H,28,34)(H,27,30,31). The second-order valence-corrected chi connectivity index (χ2v) is 9.65. The van der Waals surface area contributed by atoms with E-state index in [9.17, 15) is 4.79 Å². The molecule has 3 N–H and O–H groups in total. The minimum Gasteiger partial charge on any atom is -0.479 e. The number of rotatable bonds is 11. The van der Waals surface area contributed by atoms with E-state index < -0.39 is 5.91 Å². The molecule has 0 atom stereocenters. The lowest BCUT2D eigenvalue weighted by Gasteiger charge is -2.19. The van der Waals surface area contributed by atoms with Crippen LogP contribution >= 0.6 is 0 Å². The van der Waals surface area contributed by atoms with Gasteiger partial charge in [0, 0.05) is 26.2 Å². The third-order valence-electron chi connectivity index (χ3n) is 5.26. The number of nitrogens with one attached hydrogen (secondary N) is 3. The number of carbonyl (C=O) groups is 1. The molecule has 0 radical (unpaired) electrons. The lowest BCUT2D eigenvalue weighted by Crippen LogP contribution is -2.28. The number of aromatic nitrogens is 5. The second kappa shape index (κ2) is 11.9. The molecule has 0 bridgehead atoms. The Labute approximate surface area is 217 Å². The summed E-state index contributed by atoms with van der Waals surface area (Å²) in [6.07, 6.45) is 0. The number of benzene rings is 1. The van der Waals surface area contributed by atoms with E-state index in [1.807, 2.05) is 24.3 Å². The van der Waals surface area contributed by atoms with Gasteiger partial charge in [0.15, 0.2) is 5.69 Å². The summed E-state index contributed by atoms with van der Waals surface area (Å²) in [6, 6.07) is 8.25. The first-order chi connectivity index (χ1) is 17.5. The Morgan fingerprint density at radius 1 is 1.05 bits per heavy atom. The van der Waals surface area contributed by atoms with Crippen molar-refractivity contribution >= 4 is 17.5 Å². The van der Waals surface area contributed by atoms with Crippen molar-refractivity contribution in [3.63, 3.8) is 0 Å². The largest absolute Gasteiger partial charge is 0.479 e. The summed E-state index contributed by atoms with van der Waals surface area (Å²) in [7, 11) is 4.53. The van der Waals surface area contributed by atoms with Crippen LogP contribution in [0.1, 0.15) is 50.8 Å². The van der Waals surface area contributed by atoms with Gasteiger partial charge in [0.25, 0.3) is 5.91 Å². The lowest BCUT2D eigenvalue weighted by molar-refractivity contribution is 0.101. The van der Waals surface area contributed by atoms with Crippen LogP contribution in [-0.2, 0) is 12.5 Å². The maximum atomic E-state index is 13.0. The molecule has 200 valence electrons. The van der Waals surface area contributed by atoms with Crippen LogP contribution in [0, 0.1) is 0 Å². The van der Waals surface area contributed by atoms with Crippen molar-refractivity contribution in [1.82, 2.24) is 30.0 Å². The number of hydrogen-bond donors (Lipinski definition) is 3. The van der Waals surface area contributed by atoms with Crippen LogP contribution in [0.3, 0.4) is 0 Å². The molecule has 1 amide bonds.